The molecule has 0 amide bonds. The third-order valence-corrected chi connectivity index (χ3v) is 3.02. The molecule has 3 heteroatoms. The number of halogens is 1. The first-order valence-electron chi connectivity index (χ1n) is 5.68. The quantitative estimate of drug-likeness (QED) is 0.781. The Morgan fingerprint density at radius 3 is 2.50 bits per heavy atom. The minimum atomic E-state index is 0. The van der Waals surface area contributed by atoms with Crippen LogP contribution < -0.4 is 11.5 Å². The standard InChI is InChI=1S/C13H22N2.ClH/c1-10-6-5-7-12(11(10)2)13(15)8-3-4-9-14;/h5-7,13H,3-4,8-9,14-15H2,1-2H3;1H/t13-;/m0./s1. The van der Waals surface area contributed by atoms with E-state index in [4.69, 9.17) is 11.5 Å². The summed E-state index contributed by atoms with van der Waals surface area (Å²) in [5.41, 5.74) is 15.6. The predicted octanol–water partition coefficient (Wildman–Crippen LogP) is 2.85. The Bertz CT molecular complexity index is 313. The maximum atomic E-state index is 6.16. The molecule has 0 aliphatic carbocycles. The molecule has 0 aliphatic rings. The van der Waals surface area contributed by atoms with E-state index in [1.54, 1.807) is 0 Å². The highest BCUT2D eigenvalue weighted by molar-refractivity contribution is 5.85. The molecule has 92 valence electrons. The molecule has 0 heterocycles. The Morgan fingerprint density at radius 1 is 1.19 bits per heavy atom. The number of hydrogen-bond donors (Lipinski definition) is 2. The Kier molecular flexibility index (Phi) is 7.39. The predicted molar refractivity (Wildman–Crippen MR) is 73.0 cm³/mol. The first-order valence-corrected chi connectivity index (χ1v) is 5.68. The van der Waals surface area contributed by atoms with E-state index in [1.807, 2.05) is 0 Å². The van der Waals surface area contributed by atoms with Gasteiger partial charge in [-0.15, -0.1) is 12.4 Å². The van der Waals surface area contributed by atoms with Crippen LogP contribution in [-0.2, 0) is 0 Å². The smallest absolute Gasteiger partial charge is 0.0297 e. The highest BCUT2D eigenvalue weighted by atomic mass is 35.5. The van der Waals surface area contributed by atoms with E-state index in [2.05, 4.69) is 32.0 Å². The molecule has 1 atom stereocenters. The van der Waals surface area contributed by atoms with Gasteiger partial charge in [-0.2, -0.15) is 0 Å². The van der Waals surface area contributed by atoms with Gasteiger partial charge >= 0.3 is 0 Å². The van der Waals surface area contributed by atoms with Crippen molar-refractivity contribution >= 4 is 12.4 Å². The molecular weight excluding hydrogens is 220 g/mol. The van der Waals surface area contributed by atoms with Gasteiger partial charge in [0.25, 0.3) is 0 Å². The highest BCUT2D eigenvalue weighted by Crippen LogP contribution is 2.22. The Hall–Kier alpha value is -0.570. The number of aryl methyl sites for hydroxylation is 1. The molecule has 16 heavy (non-hydrogen) atoms. The topological polar surface area (TPSA) is 52.0 Å². The van der Waals surface area contributed by atoms with Crippen LogP contribution in [0.4, 0.5) is 0 Å². The van der Waals surface area contributed by atoms with Crippen molar-refractivity contribution in [1.82, 2.24) is 0 Å². The first-order chi connectivity index (χ1) is 7.16. The minimum Gasteiger partial charge on any atom is -0.330 e. The summed E-state index contributed by atoms with van der Waals surface area (Å²) in [4.78, 5) is 0. The normalized spacial score (nSPS) is 12.0. The van der Waals surface area contributed by atoms with Crippen molar-refractivity contribution in [2.75, 3.05) is 6.54 Å². The molecule has 0 saturated carbocycles. The molecule has 0 aromatic heterocycles. The summed E-state index contributed by atoms with van der Waals surface area (Å²) in [5, 5.41) is 0. The minimum absolute atomic E-state index is 0. The zero-order valence-electron chi connectivity index (χ0n) is 10.2. The molecule has 0 radical (unpaired) electrons. The first kappa shape index (κ1) is 15.4. The molecule has 4 N–H and O–H groups in total. The molecule has 0 saturated heterocycles. The van der Waals surface area contributed by atoms with Crippen LogP contribution in [0.25, 0.3) is 0 Å². The fraction of sp³-hybridized carbons (Fsp3) is 0.538. The Labute approximate surface area is 105 Å². The van der Waals surface area contributed by atoms with Crippen molar-refractivity contribution in [3.63, 3.8) is 0 Å². The zero-order valence-corrected chi connectivity index (χ0v) is 11.0. The van der Waals surface area contributed by atoms with Crippen molar-refractivity contribution in [3.8, 4) is 0 Å². The second kappa shape index (κ2) is 7.66. The molecule has 0 bridgehead atoms. The average molecular weight is 243 g/mol. The van der Waals surface area contributed by atoms with E-state index < -0.39 is 0 Å². The highest BCUT2D eigenvalue weighted by Gasteiger charge is 2.09. The van der Waals surface area contributed by atoms with Gasteiger partial charge in [0.1, 0.15) is 0 Å². The van der Waals surface area contributed by atoms with Gasteiger partial charge in [-0.05, 0) is 49.9 Å². The molecule has 1 aromatic rings. The fourth-order valence-corrected chi connectivity index (χ4v) is 1.84. The molecule has 1 rings (SSSR count). The van der Waals surface area contributed by atoms with E-state index in [0.29, 0.717) is 0 Å². The van der Waals surface area contributed by atoms with Gasteiger partial charge in [-0.25, -0.2) is 0 Å². The molecule has 2 nitrogen and oxygen atoms in total. The number of hydrogen-bond acceptors (Lipinski definition) is 2. The van der Waals surface area contributed by atoms with Crippen LogP contribution in [0.15, 0.2) is 18.2 Å². The van der Waals surface area contributed by atoms with Gasteiger partial charge in [0.2, 0.25) is 0 Å². The summed E-state index contributed by atoms with van der Waals surface area (Å²) in [7, 11) is 0. The van der Waals surface area contributed by atoms with E-state index in [1.165, 1.54) is 16.7 Å². The maximum Gasteiger partial charge on any atom is 0.0297 e. The monoisotopic (exact) mass is 242 g/mol. The molecule has 0 spiro atoms. The summed E-state index contributed by atoms with van der Waals surface area (Å²) < 4.78 is 0. The molecule has 0 unspecified atom stereocenters. The van der Waals surface area contributed by atoms with Crippen LogP contribution in [0.1, 0.15) is 42.0 Å². The largest absolute Gasteiger partial charge is 0.330 e. The van der Waals surface area contributed by atoms with Crippen molar-refractivity contribution in [3.05, 3.63) is 34.9 Å². The molecule has 0 aliphatic heterocycles. The van der Waals surface area contributed by atoms with Crippen LogP contribution in [0.5, 0.6) is 0 Å². The van der Waals surface area contributed by atoms with E-state index >= 15 is 0 Å². The second-order valence-electron chi connectivity index (χ2n) is 4.18. The van der Waals surface area contributed by atoms with E-state index in [0.717, 1.165) is 25.8 Å². The van der Waals surface area contributed by atoms with Crippen LogP contribution in [0.2, 0.25) is 0 Å². The molecule has 0 fully saturated rings. The fourth-order valence-electron chi connectivity index (χ4n) is 1.84. The summed E-state index contributed by atoms with van der Waals surface area (Å²) in [6, 6.07) is 6.51. The van der Waals surface area contributed by atoms with Crippen LogP contribution >= 0.6 is 12.4 Å². The number of benzene rings is 1. The lowest BCUT2D eigenvalue weighted by atomic mass is 9.95. The van der Waals surface area contributed by atoms with Gasteiger partial charge < -0.3 is 11.5 Å². The Morgan fingerprint density at radius 2 is 1.88 bits per heavy atom. The number of unbranched alkanes of at least 4 members (excludes halogenated alkanes) is 1. The third kappa shape index (κ3) is 4.12. The van der Waals surface area contributed by atoms with Crippen LogP contribution in [0.3, 0.4) is 0 Å². The second-order valence-corrected chi connectivity index (χ2v) is 4.18. The summed E-state index contributed by atoms with van der Waals surface area (Å²) >= 11 is 0. The van der Waals surface area contributed by atoms with Gasteiger partial charge in [0, 0.05) is 6.04 Å². The lowest BCUT2D eigenvalue weighted by molar-refractivity contribution is 0.588. The van der Waals surface area contributed by atoms with Crippen molar-refractivity contribution in [1.29, 1.82) is 0 Å². The zero-order chi connectivity index (χ0) is 11.3. The maximum absolute atomic E-state index is 6.16. The SMILES string of the molecule is Cc1cccc([C@@H](N)CCCCN)c1C.Cl. The van der Waals surface area contributed by atoms with Gasteiger partial charge in [0.15, 0.2) is 0 Å². The van der Waals surface area contributed by atoms with E-state index in [9.17, 15) is 0 Å². The number of rotatable bonds is 5. The molecular formula is C13H23ClN2. The lowest BCUT2D eigenvalue weighted by Crippen LogP contribution is -2.13. The number of nitrogens with two attached hydrogens (primary N) is 2. The molecule has 1 aromatic carbocycles. The Balaban J connectivity index is 0.00000225. The van der Waals surface area contributed by atoms with Crippen molar-refractivity contribution in [2.24, 2.45) is 11.5 Å². The summed E-state index contributed by atoms with van der Waals surface area (Å²) in [6.07, 6.45) is 3.21. The van der Waals surface area contributed by atoms with Crippen LogP contribution in [0, 0.1) is 13.8 Å². The summed E-state index contributed by atoms with van der Waals surface area (Å²) in [5.74, 6) is 0. The van der Waals surface area contributed by atoms with Gasteiger partial charge in [0.05, 0.1) is 0 Å². The van der Waals surface area contributed by atoms with Gasteiger partial charge in [-0.3, -0.25) is 0 Å². The van der Waals surface area contributed by atoms with Gasteiger partial charge in [-0.1, -0.05) is 24.6 Å². The summed E-state index contributed by atoms with van der Waals surface area (Å²) in [6.45, 7) is 5.04. The third-order valence-electron chi connectivity index (χ3n) is 3.02. The lowest BCUT2D eigenvalue weighted by Gasteiger charge is -2.15. The average Bonchev–Trinajstić information content (AvgIpc) is 2.22. The van der Waals surface area contributed by atoms with E-state index in [-0.39, 0.29) is 18.4 Å². The van der Waals surface area contributed by atoms with Crippen molar-refractivity contribution in [2.45, 2.75) is 39.2 Å². The van der Waals surface area contributed by atoms with Crippen molar-refractivity contribution < 1.29 is 0 Å². The van der Waals surface area contributed by atoms with Crippen LogP contribution in [-0.4, -0.2) is 6.54 Å².